The van der Waals surface area contributed by atoms with Gasteiger partial charge < -0.3 is 10.6 Å². The fraction of sp³-hybridized carbons (Fsp3) is 0.571. The number of rotatable bonds is 6. The van der Waals surface area contributed by atoms with Gasteiger partial charge in [0.15, 0.2) is 0 Å². The molecular formula is C14H23BrN2. The number of aryl methyl sites for hydroxylation is 1. The van der Waals surface area contributed by atoms with Crippen LogP contribution in [0.4, 0.5) is 0 Å². The van der Waals surface area contributed by atoms with Gasteiger partial charge in [-0.25, -0.2) is 0 Å². The van der Waals surface area contributed by atoms with E-state index in [0.29, 0.717) is 6.04 Å². The molecule has 1 unspecified atom stereocenters. The Morgan fingerprint density at radius 1 is 1.35 bits per heavy atom. The highest BCUT2D eigenvalue weighted by molar-refractivity contribution is 9.10. The van der Waals surface area contributed by atoms with Crippen LogP contribution in [0.5, 0.6) is 0 Å². The van der Waals surface area contributed by atoms with E-state index in [-0.39, 0.29) is 0 Å². The van der Waals surface area contributed by atoms with Crippen LogP contribution in [0.2, 0.25) is 0 Å². The molecule has 0 saturated heterocycles. The maximum Gasteiger partial charge on any atom is 0.0178 e. The average molecular weight is 299 g/mol. The summed E-state index contributed by atoms with van der Waals surface area (Å²) in [6.45, 7) is 6.39. The standard InChI is InChI=1S/C14H23BrN2/c1-11-4-5-14(15)10-13(11)7-9-17(3)8-6-12(2)16/h4-5,10,12H,6-9,16H2,1-3H3. The lowest BCUT2D eigenvalue weighted by molar-refractivity contribution is 0.324. The molecule has 0 aliphatic heterocycles. The minimum absolute atomic E-state index is 0.296. The maximum absolute atomic E-state index is 5.76. The van der Waals surface area contributed by atoms with Gasteiger partial charge in [0.05, 0.1) is 0 Å². The van der Waals surface area contributed by atoms with Crippen LogP contribution >= 0.6 is 15.9 Å². The summed E-state index contributed by atoms with van der Waals surface area (Å²) in [5.41, 5.74) is 8.55. The largest absolute Gasteiger partial charge is 0.328 e. The summed E-state index contributed by atoms with van der Waals surface area (Å²) < 4.78 is 1.16. The van der Waals surface area contributed by atoms with Crippen molar-refractivity contribution in [3.63, 3.8) is 0 Å². The van der Waals surface area contributed by atoms with Crippen molar-refractivity contribution in [1.82, 2.24) is 4.90 Å². The van der Waals surface area contributed by atoms with Crippen molar-refractivity contribution in [1.29, 1.82) is 0 Å². The molecule has 96 valence electrons. The number of hydrogen-bond donors (Lipinski definition) is 1. The van der Waals surface area contributed by atoms with E-state index in [2.05, 4.69) is 59.9 Å². The summed E-state index contributed by atoms with van der Waals surface area (Å²) in [5, 5.41) is 0. The van der Waals surface area contributed by atoms with Gasteiger partial charge in [-0.3, -0.25) is 0 Å². The van der Waals surface area contributed by atoms with Crippen molar-refractivity contribution in [3.8, 4) is 0 Å². The molecule has 1 rings (SSSR count). The van der Waals surface area contributed by atoms with Gasteiger partial charge in [0.1, 0.15) is 0 Å². The van der Waals surface area contributed by atoms with Crippen LogP contribution in [-0.2, 0) is 6.42 Å². The van der Waals surface area contributed by atoms with Crippen molar-refractivity contribution < 1.29 is 0 Å². The normalized spacial score (nSPS) is 13.1. The molecule has 0 radical (unpaired) electrons. The van der Waals surface area contributed by atoms with E-state index in [9.17, 15) is 0 Å². The molecule has 0 amide bonds. The summed E-state index contributed by atoms with van der Waals surface area (Å²) in [6.07, 6.45) is 2.16. The van der Waals surface area contributed by atoms with E-state index in [1.807, 2.05) is 0 Å². The third-order valence-electron chi connectivity index (χ3n) is 3.04. The number of nitrogens with two attached hydrogens (primary N) is 1. The second kappa shape index (κ2) is 7.14. The second-order valence-electron chi connectivity index (χ2n) is 4.89. The van der Waals surface area contributed by atoms with E-state index in [0.717, 1.165) is 30.4 Å². The van der Waals surface area contributed by atoms with E-state index in [1.165, 1.54) is 11.1 Å². The van der Waals surface area contributed by atoms with Gasteiger partial charge in [-0.15, -0.1) is 0 Å². The molecule has 0 heterocycles. The Bertz CT molecular complexity index is 350. The van der Waals surface area contributed by atoms with E-state index >= 15 is 0 Å². The minimum atomic E-state index is 0.296. The highest BCUT2D eigenvalue weighted by Gasteiger charge is 2.03. The quantitative estimate of drug-likeness (QED) is 0.875. The average Bonchev–Trinajstić information content (AvgIpc) is 2.27. The van der Waals surface area contributed by atoms with Gasteiger partial charge in [-0.05, 0) is 63.5 Å². The summed E-state index contributed by atoms with van der Waals surface area (Å²) in [4.78, 5) is 2.35. The summed E-state index contributed by atoms with van der Waals surface area (Å²) in [6, 6.07) is 6.78. The van der Waals surface area contributed by atoms with Crippen molar-refractivity contribution in [2.45, 2.75) is 32.7 Å². The zero-order valence-electron chi connectivity index (χ0n) is 11.0. The summed E-state index contributed by atoms with van der Waals surface area (Å²) in [5.74, 6) is 0. The Kier molecular flexibility index (Phi) is 6.17. The zero-order valence-corrected chi connectivity index (χ0v) is 12.6. The van der Waals surface area contributed by atoms with E-state index in [1.54, 1.807) is 0 Å². The Morgan fingerprint density at radius 3 is 2.71 bits per heavy atom. The summed E-state index contributed by atoms with van der Waals surface area (Å²) in [7, 11) is 2.16. The first-order valence-electron chi connectivity index (χ1n) is 6.18. The van der Waals surface area contributed by atoms with Gasteiger partial charge in [-0.1, -0.05) is 22.0 Å². The Morgan fingerprint density at radius 2 is 2.06 bits per heavy atom. The zero-order chi connectivity index (χ0) is 12.8. The number of nitrogens with zero attached hydrogens (tertiary/aromatic N) is 1. The number of benzene rings is 1. The van der Waals surface area contributed by atoms with Crippen molar-refractivity contribution in [2.75, 3.05) is 20.1 Å². The van der Waals surface area contributed by atoms with Crippen LogP contribution in [0.25, 0.3) is 0 Å². The number of hydrogen-bond acceptors (Lipinski definition) is 2. The smallest absolute Gasteiger partial charge is 0.0178 e. The Hall–Kier alpha value is -0.380. The second-order valence-corrected chi connectivity index (χ2v) is 5.81. The number of likely N-dealkylation sites (N-methyl/N-ethyl adjacent to an activating group) is 1. The van der Waals surface area contributed by atoms with Crippen LogP contribution in [0.15, 0.2) is 22.7 Å². The molecule has 0 aliphatic rings. The third-order valence-corrected chi connectivity index (χ3v) is 3.53. The molecule has 0 bridgehead atoms. The van der Waals surface area contributed by atoms with Gasteiger partial charge in [0.2, 0.25) is 0 Å². The van der Waals surface area contributed by atoms with E-state index < -0.39 is 0 Å². The molecule has 0 spiro atoms. The molecule has 1 aromatic rings. The predicted molar refractivity (Wildman–Crippen MR) is 78.3 cm³/mol. The van der Waals surface area contributed by atoms with Crippen LogP contribution in [0.1, 0.15) is 24.5 Å². The van der Waals surface area contributed by atoms with Crippen molar-refractivity contribution >= 4 is 15.9 Å². The lowest BCUT2D eigenvalue weighted by Crippen LogP contribution is -2.27. The topological polar surface area (TPSA) is 29.3 Å². The van der Waals surface area contributed by atoms with Gasteiger partial charge in [0.25, 0.3) is 0 Å². The SMILES string of the molecule is Cc1ccc(Br)cc1CCN(C)CCC(C)N. The monoisotopic (exact) mass is 298 g/mol. The lowest BCUT2D eigenvalue weighted by atomic mass is 10.1. The summed E-state index contributed by atoms with van der Waals surface area (Å²) >= 11 is 3.52. The molecule has 0 fully saturated rings. The molecule has 3 heteroatoms. The first-order chi connectivity index (χ1) is 7.99. The van der Waals surface area contributed by atoms with Crippen molar-refractivity contribution in [3.05, 3.63) is 33.8 Å². The van der Waals surface area contributed by atoms with Gasteiger partial charge >= 0.3 is 0 Å². The predicted octanol–water partition coefficient (Wildman–Crippen LogP) is 2.97. The molecule has 2 nitrogen and oxygen atoms in total. The molecule has 1 atom stereocenters. The molecule has 0 saturated carbocycles. The van der Waals surface area contributed by atoms with Gasteiger partial charge in [-0.2, -0.15) is 0 Å². The minimum Gasteiger partial charge on any atom is -0.328 e. The first kappa shape index (κ1) is 14.7. The highest BCUT2D eigenvalue weighted by atomic mass is 79.9. The molecule has 1 aromatic carbocycles. The van der Waals surface area contributed by atoms with Crippen LogP contribution in [0, 0.1) is 6.92 Å². The fourth-order valence-corrected chi connectivity index (χ4v) is 2.17. The van der Waals surface area contributed by atoms with Crippen molar-refractivity contribution in [2.24, 2.45) is 5.73 Å². The third kappa shape index (κ3) is 5.66. The van der Waals surface area contributed by atoms with Crippen LogP contribution < -0.4 is 5.73 Å². The van der Waals surface area contributed by atoms with E-state index in [4.69, 9.17) is 5.73 Å². The number of halogens is 1. The van der Waals surface area contributed by atoms with Crippen LogP contribution in [-0.4, -0.2) is 31.1 Å². The van der Waals surface area contributed by atoms with Gasteiger partial charge in [0, 0.05) is 17.1 Å². The Labute approximate surface area is 113 Å². The fourth-order valence-electron chi connectivity index (χ4n) is 1.76. The lowest BCUT2D eigenvalue weighted by Gasteiger charge is -2.18. The highest BCUT2D eigenvalue weighted by Crippen LogP contribution is 2.16. The molecule has 0 aromatic heterocycles. The maximum atomic E-state index is 5.76. The molecule has 17 heavy (non-hydrogen) atoms. The first-order valence-corrected chi connectivity index (χ1v) is 6.97. The molecule has 2 N–H and O–H groups in total. The molecule has 0 aliphatic carbocycles. The molecular weight excluding hydrogens is 276 g/mol. The Balaban J connectivity index is 2.41. The van der Waals surface area contributed by atoms with Crippen LogP contribution in [0.3, 0.4) is 0 Å².